The molecule has 0 heterocycles. The van der Waals surface area contributed by atoms with Gasteiger partial charge in [0.05, 0.1) is 16.7 Å². The zero-order valence-corrected chi connectivity index (χ0v) is 29.2. The highest BCUT2D eigenvalue weighted by Gasteiger charge is 2.37. The van der Waals surface area contributed by atoms with E-state index < -0.39 is 29.0 Å². The van der Waals surface area contributed by atoms with Crippen molar-refractivity contribution >= 4 is 34.6 Å². The molecule has 0 atom stereocenters. The largest absolute Gasteiger partial charge is 0.478 e. The van der Waals surface area contributed by atoms with Crippen molar-refractivity contribution in [2.24, 2.45) is 0 Å². The average Bonchev–Trinajstić information content (AvgIpc) is 2.99. The van der Waals surface area contributed by atoms with E-state index in [9.17, 15) is 29.7 Å². The van der Waals surface area contributed by atoms with Crippen LogP contribution in [0.3, 0.4) is 0 Å². The van der Waals surface area contributed by atoms with Gasteiger partial charge in [0.2, 0.25) is 0 Å². The minimum atomic E-state index is -1.54. The van der Waals surface area contributed by atoms with Crippen molar-refractivity contribution in [1.29, 1.82) is 0 Å². The lowest BCUT2D eigenvalue weighted by molar-refractivity contribution is 0.0651. The van der Waals surface area contributed by atoms with Crippen molar-refractivity contribution in [2.75, 3.05) is 0 Å². The van der Waals surface area contributed by atoms with Crippen LogP contribution in [0.2, 0.25) is 0 Å². The summed E-state index contributed by atoms with van der Waals surface area (Å²) < 4.78 is 0. The van der Waals surface area contributed by atoms with Gasteiger partial charge in [-0.2, -0.15) is 0 Å². The van der Waals surface area contributed by atoms with Gasteiger partial charge in [0.15, 0.2) is 0 Å². The van der Waals surface area contributed by atoms with Crippen molar-refractivity contribution in [3.63, 3.8) is 0 Å². The summed E-state index contributed by atoms with van der Waals surface area (Å²) in [6.45, 7) is 28.9. The summed E-state index contributed by atoms with van der Waals surface area (Å²) in [6, 6.07) is 10.6. The van der Waals surface area contributed by atoms with Crippen molar-refractivity contribution in [2.45, 2.75) is 62.3 Å². The molecule has 3 N–H and O–H groups in total. The van der Waals surface area contributed by atoms with Gasteiger partial charge in [-0.3, -0.25) is 0 Å². The predicted octanol–water partition coefficient (Wildman–Crippen LogP) is 10.7. The number of rotatable bonds is 9. The Bertz CT molecular complexity index is 2140. The van der Waals surface area contributed by atoms with Gasteiger partial charge >= 0.3 is 17.9 Å². The fourth-order valence-corrected chi connectivity index (χ4v) is 6.86. The van der Waals surface area contributed by atoms with Crippen LogP contribution >= 0.6 is 0 Å². The number of benzene rings is 4. The third kappa shape index (κ3) is 5.68. The summed E-state index contributed by atoms with van der Waals surface area (Å²) in [5.41, 5.74) is 9.39. The number of hydrogen-bond acceptors (Lipinski definition) is 3. The van der Waals surface area contributed by atoms with Crippen LogP contribution in [0.5, 0.6) is 0 Å². The molecular weight excluding hydrogens is 600 g/mol. The number of carboxylic acid groups (broad SMARTS) is 3. The molecule has 0 amide bonds. The summed E-state index contributed by atoms with van der Waals surface area (Å²) in [6.07, 6.45) is 0. The Morgan fingerprint density at radius 1 is 0.417 bits per heavy atom. The number of allylic oxidation sites excluding steroid dienone is 3. The summed E-state index contributed by atoms with van der Waals surface area (Å²) >= 11 is 0. The van der Waals surface area contributed by atoms with Gasteiger partial charge in [-0.25, -0.2) is 14.4 Å². The van der Waals surface area contributed by atoms with Gasteiger partial charge in [0.25, 0.3) is 0 Å². The SMILES string of the molecule is C=C(C)c1ccc(-c2c(C(=O)O)c(C(=O)O)c(-c3ccc(C(=C)C)c(C)c3C)c(-c3ccc(C(=C)C)c(C)c3C)c2C(=O)O)c(C)c1C. The van der Waals surface area contributed by atoms with Gasteiger partial charge in [-0.15, -0.1) is 0 Å². The summed E-state index contributed by atoms with van der Waals surface area (Å²) in [5, 5.41) is 33.0. The molecule has 0 spiro atoms. The van der Waals surface area contributed by atoms with E-state index >= 15 is 0 Å². The molecule has 48 heavy (non-hydrogen) atoms. The third-order valence-electron chi connectivity index (χ3n) is 9.69. The number of carbonyl (C=O) groups is 3. The second-order valence-corrected chi connectivity index (χ2v) is 12.7. The summed E-state index contributed by atoms with van der Waals surface area (Å²) in [4.78, 5) is 40.5. The van der Waals surface area contributed by atoms with E-state index in [-0.39, 0.29) is 22.3 Å². The first-order valence-corrected chi connectivity index (χ1v) is 15.6. The van der Waals surface area contributed by atoms with E-state index in [1.165, 1.54) is 0 Å². The van der Waals surface area contributed by atoms with E-state index in [0.29, 0.717) is 27.8 Å². The van der Waals surface area contributed by atoms with Crippen molar-refractivity contribution < 1.29 is 29.7 Å². The van der Waals surface area contributed by atoms with Crippen LogP contribution in [-0.2, 0) is 0 Å². The van der Waals surface area contributed by atoms with Gasteiger partial charge in [-0.05, 0) is 129 Å². The smallest absolute Gasteiger partial charge is 0.337 e. The van der Waals surface area contributed by atoms with Crippen LogP contribution in [0.1, 0.15) is 102 Å². The molecule has 0 bridgehead atoms. The molecule has 0 aliphatic heterocycles. The number of aromatic carboxylic acids is 3. The van der Waals surface area contributed by atoms with Crippen molar-refractivity contribution in [3.8, 4) is 33.4 Å². The third-order valence-corrected chi connectivity index (χ3v) is 9.69. The first-order valence-electron chi connectivity index (χ1n) is 15.6. The fourth-order valence-electron chi connectivity index (χ4n) is 6.86. The molecule has 246 valence electrons. The zero-order chi connectivity index (χ0) is 36.1. The Morgan fingerprint density at radius 2 is 0.667 bits per heavy atom. The Kier molecular flexibility index (Phi) is 9.55. The van der Waals surface area contributed by atoms with Crippen LogP contribution in [0.4, 0.5) is 0 Å². The van der Waals surface area contributed by atoms with Crippen LogP contribution < -0.4 is 0 Å². The normalized spacial score (nSPS) is 10.9. The second-order valence-electron chi connectivity index (χ2n) is 12.7. The molecule has 0 aliphatic carbocycles. The Hall–Kier alpha value is -5.49. The quantitative estimate of drug-likeness (QED) is 0.167. The maximum absolute atomic E-state index is 13.7. The Morgan fingerprint density at radius 3 is 0.938 bits per heavy atom. The molecule has 0 fully saturated rings. The number of carboxylic acids is 3. The molecule has 6 nitrogen and oxygen atoms in total. The first-order chi connectivity index (χ1) is 22.3. The first kappa shape index (κ1) is 35.4. The van der Waals surface area contributed by atoms with Crippen LogP contribution in [0.15, 0.2) is 56.1 Å². The molecule has 0 unspecified atom stereocenters. The molecule has 6 heteroatoms. The van der Waals surface area contributed by atoms with Crippen molar-refractivity contribution in [1.82, 2.24) is 0 Å². The fraction of sp³-hybridized carbons (Fsp3) is 0.214. The molecule has 4 aromatic rings. The van der Waals surface area contributed by atoms with E-state index in [0.717, 1.165) is 55.7 Å². The van der Waals surface area contributed by atoms with Crippen LogP contribution in [0.25, 0.3) is 50.1 Å². The highest BCUT2D eigenvalue weighted by atomic mass is 16.4. The summed E-state index contributed by atoms with van der Waals surface area (Å²) in [7, 11) is 0. The molecule has 0 saturated heterocycles. The van der Waals surface area contributed by atoms with E-state index in [2.05, 4.69) is 19.7 Å². The van der Waals surface area contributed by atoms with Gasteiger partial charge in [0, 0.05) is 16.7 Å². The second kappa shape index (κ2) is 13.0. The number of hydrogen-bond donors (Lipinski definition) is 3. The molecule has 0 aromatic heterocycles. The topological polar surface area (TPSA) is 112 Å². The minimum Gasteiger partial charge on any atom is -0.478 e. The highest BCUT2D eigenvalue weighted by molar-refractivity contribution is 6.20. The Balaban J connectivity index is 2.48. The molecule has 4 rings (SSSR count). The van der Waals surface area contributed by atoms with Gasteiger partial charge < -0.3 is 15.3 Å². The zero-order valence-electron chi connectivity index (χ0n) is 29.2. The van der Waals surface area contributed by atoms with Gasteiger partial charge in [0.1, 0.15) is 0 Å². The molecule has 0 aliphatic rings. The molecule has 0 saturated carbocycles. The molecular formula is C42H42O6. The van der Waals surface area contributed by atoms with E-state index in [1.807, 2.05) is 67.5 Å². The average molecular weight is 643 g/mol. The molecule has 4 aromatic carbocycles. The van der Waals surface area contributed by atoms with Crippen LogP contribution in [-0.4, -0.2) is 33.2 Å². The van der Waals surface area contributed by atoms with Crippen molar-refractivity contribution in [3.05, 3.63) is 123 Å². The standard InChI is InChI=1S/C42H42O6/c1-19(2)28-13-16-31(25(10)22(28)7)34-35(32-17-14-29(20(3)4)23(8)26(32)11)38(41(45)46)39(42(47)48)36(37(34)40(43)44)33-18-15-30(21(5)6)24(9)27(33)12/h13-18H,1,3,5H2,2,4,6-12H3,(H,43,44)(H,45,46)(H,47,48). The van der Waals surface area contributed by atoms with E-state index in [4.69, 9.17) is 0 Å². The monoisotopic (exact) mass is 642 g/mol. The molecule has 0 radical (unpaired) electrons. The predicted molar refractivity (Wildman–Crippen MR) is 196 cm³/mol. The maximum atomic E-state index is 13.7. The minimum absolute atomic E-state index is 0.0356. The Labute approximate surface area is 282 Å². The highest BCUT2D eigenvalue weighted by Crippen LogP contribution is 2.49. The van der Waals surface area contributed by atoms with Crippen LogP contribution in [0, 0.1) is 41.5 Å². The van der Waals surface area contributed by atoms with Gasteiger partial charge in [-0.1, -0.05) is 72.9 Å². The maximum Gasteiger partial charge on any atom is 0.337 e. The lowest BCUT2D eigenvalue weighted by atomic mass is 9.75. The van der Waals surface area contributed by atoms with E-state index in [1.54, 1.807) is 31.2 Å². The lowest BCUT2D eigenvalue weighted by Gasteiger charge is -2.27. The summed E-state index contributed by atoms with van der Waals surface area (Å²) in [5.74, 6) is -4.41. The lowest BCUT2D eigenvalue weighted by Crippen LogP contribution is -2.19.